The minimum Gasteiger partial charge on any atom is -0.485 e. The van der Waals surface area contributed by atoms with E-state index in [0.717, 1.165) is 5.56 Å². The standard InChI is InChI=1S/C18H19NO3/c1-12-7-9-14(10-8-12)13(2)19-18(20)17-11-21-15-5-3-4-6-16(15)22-17/h3-10,13,17H,11H2,1-2H3,(H,19,20)/t13-,17-/m1/s1. The summed E-state index contributed by atoms with van der Waals surface area (Å²) in [5, 5.41) is 2.97. The van der Waals surface area contributed by atoms with Gasteiger partial charge in [0.25, 0.3) is 5.91 Å². The summed E-state index contributed by atoms with van der Waals surface area (Å²) >= 11 is 0. The number of para-hydroxylation sites is 2. The SMILES string of the molecule is Cc1ccc([C@@H](C)NC(=O)[C@H]2COc3ccccc3O2)cc1. The van der Waals surface area contributed by atoms with Gasteiger partial charge in [0.05, 0.1) is 6.04 Å². The van der Waals surface area contributed by atoms with E-state index in [0.29, 0.717) is 11.5 Å². The third-order valence-electron chi connectivity index (χ3n) is 3.74. The normalized spacial score (nSPS) is 17.6. The van der Waals surface area contributed by atoms with Gasteiger partial charge >= 0.3 is 0 Å². The van der Waals surface area contributed by atoms with Gasteiger partial charge in [0.15, 0.2) is 11.5 Å². The number of fused-ring (bicyclic) bond motifs is 1. The molecule has 22 heavy (non-hydrogen) atoms. The molecule has 1 aliphatic heterocycles. The Labute approximate surface area is 130 Å². The van der Waals surface area contributed by atoms with Crippen LogP contribution in [0.2, 0.25) is 0 Å². The molecule has 1 amide bonds. The molecule has 0 bridgehead atoms. The predicted molar refractivity (Wildman–Crippen MR) is 84.1 cm³/mol. The summed E-state index contributed by atoms with van der Waals surface area (Å²) < 4.78 is 11.3. The van der Waals surface area contributed by atoms with Crippen LogP contribution in [0, 0.1) is 6.92 Å². The van der Waals surface area contributed by atoms with Crippen molar-refractivity contribution in [1.82, 2.24) is 5.32 Å². The highest BCUT2D eigenvalue weighted by atomic mass is 16.6. The summed E-state index contributed by atoms with van der Waals surface area (Å²) in [5.74, 6) is 1.12. The van der Waals surface area contributed by atoms with Crippen molar-refractivity contribution in [3.05, 3.63) is 59.7 Å². The Morgan fingerprint density at radius 3 is 2.55 bits per heavy atom. The summed E-state index contributed by atoms with van der Waals surface area (Å²) in [7, 11) is 0. The minimum atomic E-state index is -0.622. The number of ether oxygens (including phenoxy) is 2. The first-order valence-electron chi connectivity index (χ1n) is 7.39. The maximum absolute atomic E-state index is 12.3. The zero-order valence-electron chi connectivity index (χ0n) is 12.7. The van der Waals surface area contributed by atoms with E-state index in [2.05, 4.69) is 5.32 Å². The summed E-state index contributed by atoms with van der Waals surface area (Å²) in [5.41, 5.74) is 2.26. The summed E-state index contributed by atoms with van der Waals surface area (Å²) in [6.07, 6.45) is -0.622. The largest absolute Gasteiger partial charge is 0.485 e. The lowest BCUT2D eigenvalue weighted by Gasteiger charge is -2.26. The Kier molecular flexibility index (Phi) is 4.00. The van der Waals surface area contributed by atoms with Crippen LogP contribution in [0.3, 0.4) is 0 Å². The zero-order chi connectivity index (χ0) is 15.5. The third-order valence-corrected chi connectivity index (χ3v) is 3.74. The van der Waals surface area contributed by atoms with E-state index in [-0.39, 0.29) is 18.6 Å². The van der Waals surface area contributed by atoms with Crippen LogP contribution in [0.5, 0.6) is 11.5 Å². The van der Waals surface area contributed by atoms with Gasteiger partial charge in [0.2, 0.25) is 6.10 Å². The maximum Gasteiger partial charge on any atom is 0.265 e. The van der Waals surface area contributed by atoms with Crippen molar-refractivity contribution < 1.29 is 14.3 Å². The van der Waals surface area contributed by atoms with E-state index < -0.39 is 6.10 Å². The van der Waals surface area contributed by atoms with Gasteiger partial charge in [-0.1, -0.05) is 42.0 Å². The van der Waals surface area contributed by atoms with Crippen molar-refractivity contribution in [2.75, 3.05) is 6.61 Å². The van der Waals surface area contributed by atoms with Crippen LogP contribution in [0.25, 0.3) is 0 Å². The van der Waals surface area contributed by atoms with Crippen molar-refractivity contribution >= 4 is 5.91 Å². The van der Waals surface area contributed by atoms with E-state index in [1.807, 2.05) is 56.3 Å². The molecule has 2 atom stereocenters. The summed E-state index contributed by atoms with van der Waals surface area (Å²) in [4.78, 5) is 12.3. The molecule has 3 rings (SSSR count). The second-order valence-electron chi connectivity index (χ2n) is 5.51. The van der Waals surface area contributed by atoms with Crippen molar-refractivity contribution in [2.45, 2.75) is 26.0 Å². The van der Waals surface area contributed by atoms with Gasteiger partial charge in [-0.15, -0.1) is 0 Å². The molecular formula is C18H19NO3. The van der Waals surface area contributed by atoms with E-state index in [1.54, 1.807) is 6.07 Å². The van der Waals surface area contributed by atoms with Crippen LogP contribution in [-0.4, -0.2) is 18.6 Å². The number of carbonyl (C=O) groups is 1. The molecule has 0 radical (unpaired) electrons. The number of rotatable bonds is 3. The minimum absolute atomic E-state index is 0.0751. The second kappa shape index (κ2) is 6.10. The highest BCUT2D eigenvalue weighted by Gasteiger charge is 2.28. The molecule has 0 aromatic heterocycles. The number of hydrogen-bond donors (Lipinski definition) is 1. The van der Waals surface area contributed by atoms with Crippen LogP contribution in [0.1, 0.15) is 24.1 Å². The van der Waals surface area contributed by atoms with E-state index >= 15 is 0 Å². The fraction of sp³-hybridized carbons (Fsp3) is 0.278. The number of carbonyl (C=O) groups excluding carboxylic acids is 1. The molecule has 0 spiro atoms. The molecule has 114 valence electrons. The molecular weight excluding hydrogens is 278 g/mol. The zero-order valence-corrected chi connectivity index (χ0v) is 12.7. The van der Waals surface area contributed by atoms with Crippen molar-refractivity contribution in [3.8, 4) is 11.5 Å². The van der Waals surface area contributed by atoms with Crippen LogP contribution in [0.15, 0.2) is 48.5 Å². The Balaban J connectivity index is 1.64. The number of aryl methyl sites for hydroxylation is 1. The Morgan fingerprint density at radius 2 is 1.82 bits per heavy atom. The lowest BCUT2D eigenvalue weighted by atomic mass is 10.1. The Hall–Kier alpha value is -2.49. The second-order valence-corrected chi connectivity index (χ2v) is 5.51. The molecule has 0 aliphatic carbocycles. The first-order valence-corrected chi connectivity index (χ1v) is 7.39. The molecule has 0 unspecified atom stereocenters. The average molecular weight is 297 g/mol. The number of nitrogens with one attached hydrogen (secondary N) is 1. The number of amides is 1. The van der Waals surface area contributed by atoms with Crippen molar-refractivity contribution in [1.29, 1.82) is 0 Å². The lowest BCUT2D eigenvalue weighted by Crippen LogP contribution is -2.44. The number of benzene rings is 2. The fourth-order valence-electron chi connectivity index (χ4n) is 2.39. The highest BCUT2D eigenvalue weighted by Crippen LogP contribution is 2.31. The van der Waals surface area contributed by atoms with Gasteiger partial charge in [0, 0.05) is 0 Å². The summed E-state index contributed by atoms with van der Waals surface area (Å²) in [6.45, 7) is 4.22. The van der Waals surface area contributed by atoms with Crippen LogP contribution < -0.4 is 14.8 Å². The summed E-state index contributed by atoms with van der Waals surface area (Å²) in [6, 6.07) is 15.4. The molecule has 0 saturated carbocycles. The van der Waals surface area contributed by atoms with Crippen molar-refractivity contribution in [3.63, 3.8) is 0 Å². The van der Waals surface area contributed by atoms with E-state index in [9.17, 15) is 4.79 Å². The van der Waals surface area contributed by atoms with Gasteiger partial charge in [-0.05, 0) is 31.5 Å². The maximum atomic E-state index is 12.3. The molecule has 2 aromatic carbocycles. The number of hydrogen-bond acceptors (Lipinski definition) is 3. The first kappa shape index (κ1) is 14.4. The first-order chi connectivity index (χ1) is 10.6. The smallest absolute Gasteiger partial charge is 0.265 e. The quantitative estimate of drug-likeness (QED) is 0.947. The molecule has 0 saturated heterocycles. The third kappa shape index (κ3) is 3.06. The molecule has 4 nitrogen and oxygen atoms in total. The van der Waals surface area contributed by atoms with Crippen LogP contribution in [0.4, 0.5) is 0 Å². The van der Waals surface area contributed by atoms with E-state index in [4.69, 9.17) is 9.47 Å². The van der Waals surface area contributed by atoms with Gasteiger partial charge in [0.1, 0.15) is 6.61 Å². The Morgan fingerprint density at radius 1 is 1.14 bits per heavy atom. The topological polar surface area (TPSA) is 47.6 Å². The molecule has 0 fully saturated rings. The average Bonchev–Trinajstić information content (AvgIpc) is 2.55. The Bertz CT molecular complexity index is 666. The fourth-order valence-corrected chi connectivity index (χ4v) is 2.39. The molecule has 4 heteroatoms. The van der Waals surface area contributed by atoms with Crippen LogP contribution in [-0.2, 0) is 4.79 Å². The van der Waals surface area contributed by atoms with Crippen LogP contribution >= 0.6 is 0 Å². The van der Waals surface area contributed by atoms with Gasteiger partial charge in [-0.3, -0.25) is 4.79 Å². The predicted octanol–water partition coefficient (Wildman–Crippen LogP) is 3.01. The monoisotopic (exact) mass is 297 g/mol. The van der Waals surface area contributed by atoms with Gasteiger partial charge < -0.3 is 14.8 Å². The lowest BCUT2D eigenvalue weighted by molar-refractivity contribution is -0.131. The van der Waals surface area contributed by atoms with Gasteiger partial charge in [-0.2, -0.15) is 0 Å². The molecule has 1 aliphatic rings. The molecule has 1 heterocycles. The van der Waals surface area contributed by atoms with Gasteiger partial charge in [-0.25, -0.2) is 0 Å². The molecule has 1 N–H and O–H groups in total. The molecule has 2 aromatic rings. The highest BCUT2D eigenvalue weighted by molar-refractivity contribution is 5.82. The van der Waals surface area contributed by atoms with Crippen molar-refractivity contribution in [2.24, 2.45) is 0 Å². The van der Waals surface area contributed by atoms with E-state index in [1.165, 1.54) is 5.56 Å².